The predicted molar refractivity (Wildman–Crippen MR) is 80.6 cm³/mol. The molecule has 0 aliphatic carbocycles. The van der Waals surface area contributed by atoms with E-state index in [1.807, 2.05) is 12.1 Å². The van der Waals surface area contributed by atoms with Crippen LogP contribution in [0.4, 0.5) is 10.1 Å². The van der Waals surface area contributed by atoms with Gasteiger partial charge in [0, 0.05) is 38.3 Å². The number of rotatable bonds is 3. The molecule has 3 heteroatoms. The van der Waals surface area contributed by atoms with Gasteiger partial charge in [0.1, 0.15) is 5.82 Å². The molecular formula is C17H19FN2. The molecule has 104 valence electrons. The number of nitrogens with zero attached hydrogens (tertiary/aromatic N) is 1. The molecule has 1 heterocycles. The van der Waals surface area contributed by atoms with Crippen molar-refractivity contribution in [2.45, 2.75) is 12.5 Å². The number of likely N-dealkylation sites (N-methyl/N-ethyl adjacent to an activating group) is 1. The van der Waals surface area contributed by atoms with Gasteiger partial charge < -0.3 is 10.2 Å². The fraction of sp³-hybridized carbons (Fsp3) is 0.294. The zero-order chi connectivity index (χ0) is 13.9. The number of hydrogen-bond donors (Lipinski definition) is 1. The third kappa shape index (κ3) is 2.68. The van der Waals surface area contributed by atoms with Crippen molar-refractivity contribution in [3.63, 3.8) is 0 Å². The summed E-state index contributed by atoms with van der Waals surface area (Å²) in [7, 11) is 2.06. The van der Waals surface area contributed by atoms with Crippen LogP contribution in [-0.4, -0.2) is 20.1 Å². The average Bonchev–Trinajstić information content (AvgIpc) is 2.48. The highest BCUT2D eigenvalue weighted by molar-refractivity contribution is 5.46. The second-order valence-corrected chi connectivity index (χ2v) is 5.38. The van der Waals surface area contributed by atoms with E-state index in [1.165, 1.54) is 23.3 Å². The molecule has 0 aromatic heterocycles. The van der Waals surface area contributed by atoms with Crippen molar-refractivity contribution < 1.29 is 4.39 Å². The molecule has 0 fully saturated rings. The van der Waals surface area contributed by atoms with Crippen LogP contribution >= 0.6 is 0 Å². The van der Waals surface area contributed by atoms with Crippen LogP contribution in [0.5, 0.6) is 0 Å². The third-order valence-corrected chi connectivity index (χ3v) is 3.96. The molecule has 3 rings (SSSR count). The van der Waals surface area contributed by atoms with Crippen LogP contribution < -0.4 is 10.2 Å². The minimum atomic E-state index is -0.188. The van der Waals surface area contributed by atoms with E-state index in [9.17, 15) is 4.39 Å². The maximum atomic E-state index is 13.0. The van der Waals surface area contributed by atoms with Gasteiger partial charge in [-0.3, -0.25) is 0 Å². The van der Waals surface area contributed by atoms with Crippen molar-refractivity contribution in [2.24, 2.45) is 0 Å². The largest absolute Gasteiger partial charge is 0.374 e. The molecule has 0 amide bonds. The summed E-state index contributed by atoms with van der Waals surface area (Å²) in [5.74, 6) is 0.279. The van der Waals surface area contributed by atoms with Gasteiger partial charge in [-0.25, -0.2) is 4.39 Å². The normalized spacial score (nSPS) is 17.6. The zero-order valence-corrected chi connectivity index (χ0v) is 11.6. The molecule has 20 heavy (non-hydrogen) atoms. The molecule has 2 aromatic carbocycles. The van der Waals surface area contributed by atoms with E-state index in [0.29, 0.717) is 5.92 Å². The zero-order valence-electron chi connectivity index (χ0n) is 11.6. The standard InChI is InChI=1S/C17H19FN2/c1-20(16-8-6-15(18)7-9-16)12-14-11-19-10-13-4-2-3-5-17(13)14/h2-9,14,19H,10-12H2,1H3. The lowest BCUT2D eigenvalue weighted by Crippen LogP contribution is -2.35. The molecule has 0 saturated heterocycles. The molecule has 1 aliphatic heterocycles. The Morgan fingerprint density at radius 1 is 1.15 bits per heavy atom. The van der Waals surface area contributed by atoms with Crippen LogP contribution in [0.15, 0.2) is 48.5 Å². The molecule has 0 spiro atoms. The Kier molecular flexibility index (Phi) is 3.70. The summed E-state index contributed by atoms with van der Waals surface area (Å²) < 4.78 is 13.0. The first kappa shape index (κ1) is 13.1. The van der Waals surface area contributed by atoms with Crippen molar-refractivity contribution in [1.82, 2.24) is 5.32 Å². The number of hydrogen-bond acceptors (Lipinski definition) is 2. The maximum Gasteiger partial charge on any atom is 0.123 e. The van der Waals surface area contributed by atoms with Crippen LogP contribution in [0.25, 0.3) is 0 Å². The van der Waals surface area contributed by atoms with E-state index in [0.717, 1.165) is 25.3 Å². The molecular weight excluding hydrogens is 251 g/mol. The van der Waals surface area contributed by atoms with Gasteiger partial charge in [0.25, 0.3) is 0 Å². The topological polar surface area (TPSA) is 15.3 Å². The first-order valence-electron chi connectivity index (χ1n) is 6.99. The van der Waals surface area contributed by atoms with Crippen molar-refractivity contribution in [1.29, 1.82) is 0 Å². The number of anilines is 1. The highest BCUT2D eigenvalue weighted by atomic mass is 19.1. The van der Waals surface area contributed by atoms with Gasteiger partial charge in [-0.2, -0.15) is 0 Å². The molecule has 1 unspecified atom stereocenters. The van der Waals surface area contributed by atoms with Gasteiger partial charge in [-0.1, -0.05) is 24.3 Å². The fourth-order valence-electron chi connectivity index (χ4n) is 2.88. The number of halogens is 1. The molecule has 1 aliphatic rings. The van der Waals surface area contributed by atoms with Crippen LogP contribution in [0, 0.1) is 5.82 Å². The highest BCUT2D eigenvalue weighted by Crippen LogP contribution is 2.26. The van der Waals surface area contributed by atoms with Gasteiger partial charge in [0.15, 0.2) is 0 Å². The molecule has 2 nitrogen and oxygen atoms in total. The van der Waals surface area contributed by atoms with Crippen LogP contribution in [0.1, 0.15) is 17.0 Å². The van der Waals surface area contributed by atoms with Gasteiger partial charge in [0.05, 0.1) is 0 Å². The Balaban J connectivity index is 1.77. The monoisotopic (exact) mass is 270 g/mol. The van der Waals surface area contributed by atoms with Gasteiger partial charge in [-0.05, 0) is 35.4 Å². The number of fused-ring (bicyclic) bond motifs is 1. The van der Waals surface area contributed by atoms with Crippen LogP contribution in [-0.2, 0) is 6.54 Å². The number of nitrogens with one attached hydrogen (secondary N) is 1. The quantitative estimate of drug-likeness (QED) is 0.921. The first-order valence-corrected chi connectivity index (χ1v) is 6.99. The maximum absolute atomic E-state index is 13.0. The average molecular weight is 270 g/mol. The van der Waals surface area contributed by atoms with E-state index in [-0.39, 0.29) is 5.82 Å². The second-order valence-electron chi connectivity index (χ2n) is 5.38. The Hall–Kier alpha value is -1.87. The molecule has 0 radical (unpaired) electrons. The van der Waals surface area contributed by atoms with E-state index in [4.69, 9.17) is 0 Å². The summed E-state index contributed by atoms with van der Waals surface area (Å²) in [6.45, 7) is 2.87. The molecule has 1 atom stereocenters. The van der Waals surface area contributed by atoms with Crippen molar-refractivity contribution in [3.8, 4) is 0 Å². The van der Waals surface area contributed by atoms with E-state index in [1.54, 1.807) is 0 Å². The fourth-order valence-corrected chi connectivity index (χ4v) is 2.88. The van der Waals surface area contributed by atoms with E-state index < -0.39 is 0 Å². The lowest BCUT2D eigenvalue weighted by atomic mass is 9.90. The summed E-state index contributed by atoms with van der Waals surface area (Å²) in [5, 5.41) is 3.47. The number of benzene rings is 2. The summed E-state index contributed by atoms with van der Waals surface area (Å²) in [6, 6.07) is 15.3. The molecule has 0 bridgehead atoms. The lowest BCUT2D eigenvalue weighted by molar-refractivity contribution is 0.539. The van der Waals surface area contributed by atoms with E-state index in [2.05, 4.69) is 41.5 Å². The Bertz CT molecular complexity index is 580. The highest BCUT2D eigenvalue weighted by Gasteiger charge is 2.20. The summed E-state index contributed by atoms with van der Waals surface area (Å²) in [6.07, 6.45) is 0. The molecule has 0 saturated carbocycles. The second kappa shape index (κ2) is 5.63. The van der Waals surface area contributed by atoms with Crippen molar-refractivity contribution in [2.75, 3.05) is 25.0 Å². The Morgan fingerprint density at radius 2 is 1.90 bits per heavy atom. The van der Waals surface area contributed by atoms with Gasteiger partial charge in [-0.15, -0.1) is 0 Å². The smallest absolute Gasteiger partial charge is 0.123 e. The SMILES string of the molecule is CN(CC1CNCc2ccccc21)c1ccc(F)cc1. The van der Waals surface area contributed by atoms with E-state index >= 15 is 0 Å². The third-order valence-electron chi connectivity index (χ3n) is 3.96. The van der Waals surface area contributed by atoms with Crippen molar-refractivity contribution in [3.05, 3.63) is 65.5 Å². The summed E-state index contributed by atoms with van der Waals surface area (Å²) in [4.78, 5) is 2.19. The first-order chi connectivity index (χ1) is 9.74. The van der Waals surface area contributed by atoms with Gasteiger partial charge >= 0.3 is 0 Å². The molecule has 1 N–H and O–H groups in total. The van der Waals surface area contributed by atoms with Crippen LogP contribution in [0.2, 0.25) is 0 Å². The minimum absolute atomic E-state index is 0.188. The summed E-state index contributed by atoms with van der Waals surface area (Å²) in [5.41, 5.74) is 3.87. The predicted octanol–water partition coefficient (Wildman–Crippen LogP) is 3.15. The lowest BCUT2D eigenvalue weighted by Gasteiger charge is -2.31. The van der Waals surface area contributed by atoms with Gasteiger partial charge in [0.2, 0.25) is 0 Å². The Labute approximate surface area is 119 Å². The Morgan fingerprint density at radius 3 is 2.70 bits per heavy atom. The molecule has 2 aromatic rings. The van der Waals surface area contributed by atoms with Crippen LogP contribution in [0.3, 0.4) is 0 Å². The minimum Gasteiger partial charge on any atom is -0.374 e. The van der Waals surface area contributed by atoms with Crippen molar-refractivity contribution >= 4 is 5.69 Å². The summed E-state index contributed by atoms with van der Waals surface area (Å²) >= 11 is 0.